The molecule has 0 saturated carbocycles. The average Bonchev–Trinajstić information content (AvgIpc) is 3.04. The summed E-state index contributed by atoms with van der Waals surface area (Å²) >= 11 is 2.22. The van der Waals surface area contributed by atoms with Gasteiger partial charge in [0.05, 0.1) is 27.5 Å². The summed E-state index contributed by atoms with van der Waals surface area (Å²) in [5.41, 5.74) is 4.82. The molecule has 8 nitrogen and oxygen atoms in total. The van der Waals surface area contributed by atoms with Gasteiger partial charge in [-0.1, -0.05) is 0 Å². The maximum absolute atomic E-state index is 12.3. The minimum atomic E-state index is -0.0427. The third-order valence-corrected chi connectivity index (χ3v) is 5.89. The molecule has 3 aromatic heterocycles. The molecular formula is C20H22IN5O3. The number of H-pyrrole nitrogens is 1. The summed E-state index contributed by atoms with van der Waals surface area (Å²) in [6.07, 6.45) is 2.52. The minimum Gasteiger partial charge on any atom is -0.491 e. The topological polar surface area (TPSA) is 92.4 Å². The number of halogens is 1. The second kappa shape index (κ2) is 8.15. The standard InChI is InChI=1S/C20H22IN5O3/c1-26(2)8-9-29-20-14(28-3)10-13-17(25-20)11(4-6-22-13)18-16(21)15-12(24-18)5-7-23-19(15)27/h4,6,10,24H,5,7-9H2,1-3H3,(H,23,27). The van der Waals surface area contributed by atoms with Gasteiger partial charge in [0.15, 0.2) is 5.75 Å². The van der Waals surface area contributed by atoms with Gasteiger partial charge >= 0.3 is 0 Å². The smallest absolute Gasteiger partial charge is 0.257 e. The number of ether oxygens (including phenoxy) is 2. The van der Waals surface area contributed by atoms with Crippen LogP contribution >= 0.6 is 22.6 Å². The molecule has 4 heterocycles. The van der Waals surface area contributed by atoms with Gasteiger partial charge in [-0.2, -0.15) is 0 Å². The molecule has 1 aliphatic heterocycles. The summed E-state index contributed by atoms with van der Waals surface area (Å²) in [5.74, 6) is 0.930. The lowest BCUT2D eigenvalue weighted by atomic mass is 10.1. The van der Waals surface area contributed by atoms with Crippen LogP contribution in [0, 0.1) is 3.57 Å². The minimum absolute atomic E-state index is 0.0427. The van der Waals surface area contributed by atoms with Gasteiger partial charge in [0.2, 0.25) is 0 Å². The molecule has 1 amide bonds. The molecule has 2 N–H and O–H groups in total. The summed E-state index contributed by atoms with van der Waals surface area (Å²) in [6, 6.07) is 3.74. The largest absolute Gasteiger partial charge is 0.491 e. The van der Waals surface area contributed by atoms with Crippen LogP contribution in [-0.4, -0.2) is 66.7 Å². The quantitative estimate of drug-likeness (QED) is 0.499. The lowest BCUT2D eigenvalue weighted by molar-refractivity contribution is 0.0945. The predicted molar refractivity (Wildman–Crippen MR) is 119 cm³/mol. The molecule has 4 rings (SSSR count). The van der Waals surface area contributed by atoms with E-state index in [1.165, 1.54) is 0 Å². The van der Waals surface area contributed by atoms with E-state index in [1.807, 2.05) is 31.1 Å². The van der Waals surface area contributed by atoms with E-state index in [0.717, 1.165) is 33.5 Å². The molecular weight excluding hydrogens is 485 g/mol. The summed E-state index contributed by atoms with van der Waals surface area (Å²) in [6.45, 7) is 1.89. The SMILES string of the molecule is COc1cc2nccc(-c3[nH]c4c(c3I)C(=O)NCC4)c2nc1OCCN(C)C. The number of methoxy groups -OCH3 is 1. The maximum atomic E-state index is 12.3. The maximum Gasteiger partial charge on any atom is 0.257 e. The highest BCUT2D eigenvalue weighted by Crippen LogP contribution is 2.36. The number of carbonyl (C=O) groups excluding carboxylic acids is 1. The molecule has 0 saturated heterocycles. The van der Waals surface area contributed by atoms with Gasteiger partial charge in [-0.25, -0.2) is 4.98 Å². The molecule has 0 fully saturated rings. The predicted octanol–water partition coefficient (Wildman–Crippen LogP) is 2.46. The summed E-state index contributed by atoms with van der Waals surface area (Å²) in [7, 11) is 5.56. The Hall–Kier alpha value is -2.40. The van der Waals surface area contributed by atoms with Crippen molar-refractivity contribution in [2.75, 3.05) is 40.9 Å². The van der Waals surface area contributed by atoms with Gasteiger partial charge in [-0.05, 0) is 42.8 Å². The Bertz CT molecular complexity index is 1080. The van der Waals surface area contributed by atoms with E-state index >= 15 is 0 Å². The lowest BCUT2D eigenvalue weighted by Crippen LogP contribution is -2.31. The number of aromatic nitrogens is 3. The normalized spacial score (nSPS) is 13.5. The van der Waals surface area contributed by atoms with Crippen LogP contribution < -0.4 is 14.8 Å². The summed E-state index contributed by atoms with van der Waals surface area (Å²) in [5, 5.41) is 2.91. The third kappa shape index (κ3) is 3.76. The van der Waals surface area contributed by atoms with Gasteiger partial charge in [0.1, 0.15) is 12.1 Å². The first-order valence-corrected chi connectivity index (χ1v) is 10.4. The van der Waals surface area contributed by atoms with E-state index in [0.29, 0.717) is 41.4 Å². The van der Waals surface area contributed by atoms with Crippen molar-refractivity contribution in [1.29, 1.82) is 0 Å². The Labute approximate surface area is 182 Å². The number of aromatic amines is 1. The zero-order chi connectivity index (χ0) is 20.5. The fraction of sp³-hybridized carbons (Fsp3) is 0.350. The number of carbonyl (C=O) groups is 1. The van der Waals surface area contributed by atoms with Gasteiger partial charge in [0.25, 0.3) is 11.8 Å². The van der Waals surface area contributed by atoms with Crippen molar-refractivity contribution in [3.63, 3.8) is 0 Å². The zero-order valence-corrected chi connectivity index (χ0v) is 18.7. The van der Waals surface area contributed by atoms with Crippen LogP contribution in [0.5, 0.6) is 11.6 Å². The van der Waals surface area contributed by atoms with Crippen LogP contribution in [-0.2, 0) is 6.42 Å². The Morgan fingerprint density at radius 1 is 1.34 bits per heavy atom. The second-order valence-corrected chi connectivity index (χ2v) is 8.13. The van der Waals surface area contributed by atoms with Crippen molar-refractivity contribution in [3.05, 3.63) is 33.2 Å². The van der Waals surface area contributed by atoms with E-state index in [4.69, 9.17) is 14.5 Å². The molecule has 0 unspecified atom stereocenters. The monoisotopic (exact) mass is 507 g/mol. The second-order valence-electron chi connectivity index (χ2n) is 7.05. The Kier molecular flexibility index (Phi) is 5.59. The van der Waals surface area contributed by atoms with Crippen LogP contribution in [0.25, 0.3) is 22.3 Å². The highest BCUT2D eigenvalue weighted by Gasteiger charge is 2.26. The van der Waals surface area contributed by atoms with Gasteiger partial charge in [-0.15, -0.1) is 0 Å². The molecule has 29 heavy (non-hydrogen) atoms. The first-order valence-electron chi connectivity index (χ1n) is 9.29. The van der Waals surface area contributed by atoms with E-state index in [2.05, 4.69) is 37.9 Å². The third-order valence-electron chi connectivity index (χ3n) is 4.82. The van der Waals surface area contributed by atoms with Crippen LogP contribution in [0.15, 0.2) is 18.3 Å². The van der Waals surface area contributed by atoms with Crippen LogP contribution in [0.4, 0.5) is 0 Å². The van der Waals surface area contributed by atoms with E-state index in [-0.39, 0.29) is 5.91 Å². The number of likely N-dealkylation sites (N-methyl/N-ethyl adjacent to an activating group) is 1. The molecule has 0 spiro atoms. The van der Waals surface area contributed by atoms with Crippen LogP contribution in [0.1, 0.15) is 16.1 Å². The fourth-order valence-corrected chi connectivity index (χ4v) is 4.33. The molecule has 0 bridgehead atoms. The molecule has 1 aliphatic rings. The molecule has 9 heteroatoms. The van der Waals surface area contributed by atoms with Crippen molar-refractivity contribution in [2.24, 2.45) is 0 Å². The number of nitrogens with one attached hydrogen (secondary N) is 2. The molecule has 3 aromatic rings. The number of nitrogens with zero attached hydrogens (tertiary/aromatic N) is 3. The number of pyridine rings is 2. The number of rotatable bonds is 6. The number of fused-ring (bicyclic) bond motifs is 2. The van der Waals surface area contributed by atoms with Crippen molar-refractivity contribution < 1.29 is 14.3 Å². The van der Waals surface area contributed by atoms with Gasteiger partial charge in [0, 0.05) is 43.0 Å². The summed E-state index contributed by atoms with van der Waals surface area (Å²) in [4.78, 5) is 27.0. The summed E-state index contributed by atoms with van der Waals surface area (Å²) < 4.78 is 12.2. The zero-order valence-electron chi connectivity index (χ0n) is 16.5. The number of hydrogen-bond donors (Lipinski definition) is 2. The van der Waals surface area contributed by atoms with Crippen molar-refractivity contribution in [2.45, 2.75) is 6.42 Å². The average molecular weight is 507 g/mol. The van der Waals surface area contributed by atoms with Gasteiger partial charge in [-0.3, -0.25) is 9.78 Å². The molecule has 0 aromatic carbocycles. The molecule has 152 valence electrons. The van der Waals surface area contributed by atoms with Crippen LogP contribution in [0.3, 0.4) is 0 Å². The van der Waals surface area contributed by atoms with E-state index < -0.39 is 0 Å². The highest BCUT2D eigenvalue weighted by molar-refractivity contribution is 14.1. The van der Waals surface area contributed by atoms with Crippen molar-refractivity contribution in [3.8, 4) is 22.9 Å². The fourth-order valence-electron chi connectivity index (χ4n) is 3.34. The first-order chi connectivity index (χ1) is 14.0. The Balaban J connectivity index is 1.82. The Morgan fingerprint density at radius 3 is 2.90 bits per heavy atom. The Morgan fingerprint density at radius 2 is 2.17 bits per heavy atom. The van der Waals surface area contributed by atoms with Gasteiger partial charge < -0.3 is 24.7 Å². The van der Waals surface area contributed by atoms with E-state index in [1.54, 1.807) is 13.3 Å². The first kappa shape index (κ1) is 19.9. The van der Waals surface area contributed by atoms with Crippen molar-refractivity contribution in [1.82, 2.24) is 25.2 Å². The lowest BCUT2D eigenvalue weighted by Gasteiger charge is -2.14. The highest BCUT2D eigenvalue weighted by atomic mass is 127. The van der Waals surface area contributed by atoms with E-state index in [9.17, 15) is 4.79 Å². The number of hydrogen-bond acceptors (Lipinski definition) is 6. The molecule has 0 radical (unpaired) electrons. The van der Waals surface area contributed by atoms with Crippen molar-refractivity contribution >= 4 is 39.5 Å². The molecule has 0 aliphatic carbocycles. The molecule has 0 atom stereocenters. The number of amides is 1. The van der Waals surface area contributed by atoms with Crippen LogP contribution in [0.2, 0.25) is 0 Å².